The minimum absolute atomic E-state index is 0.0282. The first kappa shape index (κ1) is 17.2. The zero-order valence-electron chi connectivity index (χ0n) is 15.7. The van der Waals surface area contributed by atoms with Gasteiger partial charge in [-0.2, -0.15) is 5.26 Å². The number of Topliss-reactive ketones (excluding diaryl/α,β-unsaturated/α-hetero) is 1. The van der Waals surface area contributed by atoms with Crippen molar-refractivity contribution in [2.75, 3.05) is 0 Å². The Morgan fingerprint density at radius 2 is 1.86 bits per heavy atom. The van der Waals surface area contributed by atoms with Crippen molar-refractivity contribution in [3.8, 4) is 32.7 Å². The molecule has 0 aliphatic heterocycles. The van der Waals surface area contributed by atoms with Crippen LogP contribution in [0.4, 0.5) is 0 Å². The summed E-state index contributed by atoms with van der Waals surface area (Å²) in [5, 5.41) is 9.49. The molecule has 0 saturated heterocycles. The predicted octanol–water partition coefficient (Wildman–Crippen LogP) is 6.04. The first-order valence-electron chi connectivity index (χ1n) is 9.55. The van der Waals surface area contributed by atoms with E-state index in [1.807, 2.05) is 44.2 Å². The monoisotopic (exact) mass is 385 g/mol. The van der Waals surface area contributed by atoms with Gasteiger partial charge in [-0.05, 0) is 73.2 Å². The number of nitrogens with zero attached hydrogens (tertiary/aromatic N) is 1. The fourth-order valence-corrected chi connectivity index (χ4v) is 5.20. The molecule has 4 heteroatoms. The zero-order valence-corrected chi connectivity index (χ0v) is 16.5. The molecule has 1 saturated carbocycles. The number of rotatable bonds is 4. The van der Waals surface area contributed by atoms with Gasteiger partial charge in [-0.3, -0.25) is 4.79 Å². The van der Waals surface area contributed by atoms with Crippen LogP contribution < -0.4 is 4.74 Å². The van der Waals surface area contributed by atoms with E-state index in [9.17, 15) is 10.1 Å². The lowest BCUT2D eigenvalue weighted by atomic mass is 9.98. The van der Waals surface area contributed by atoms with Crippen molar-refractivity contribution in [2.24, 2.45) is 5.92 Å². The fraction of sp³-hybridized carbons (Fsp3) is 0.250. The van der Waals surface area contributed by atoms with Gasteiger partial charge in [0, 0.05) is 21.2 Å². The Bertz CT molecular complexity index is 1150. The highest BCUT2D eigenvalue weighted by atomic mass is 32.1. The maximum atomic E-state index is 12.4. The van der Waals surface area contributed by atoms with Crippen LogP contribution in [0, 0.1) is 17.2 Å². The number of ether oxygens (including phenoxy) is 1. The third kappa shape index (κ3) is 2.66. The van der Waals surface area contributed by atoms with Gasteiger partial charge in [0.1, 0.15) is 11.8 Å². The predicted molar refractivity (Wildman–Crippen MR) is 111 cm³/mol. The SMILES string of the molecule is CC(C)Oc1ccc(-c2ccc(-c3cccc4c3C3CC3C4=O)s2)cc1C#N. The number of carbonyl (C=O) groups excluding carboxylic acids is 1. The summed E-state index contributed by atoms with van der Waals surface area (Å²) < 4.78 is 5.73. The van der Waals surface area contributed by atoms with Crippen LogP contribution >= 0.6 is 11.3 Å². The van der Waals surface area contributed by atoms with Crippen molar-refractivity contribution in [2.45, 2.75) is 32.3 Å². The minimum Gasteiger partial charge on any atom is -0.490 e. The highest BCUT2D eigenvalue weighted by Crippen LogP contribution is 2.59. The van der Waals surface area contributed by atoms with Gasteiger partial charge in [-0.1, -0.05) is 18.2 Å². The first-order chi connectivity index (χ1) is 13.6. The van der Waals surface area contributed by atoms with Crippen molar-refractivity contribution in [3.63, 3.8) is 0 Å². The van der Waals surface area contributed by atoms with Gasteiger partial charge in [0.2, 0.25) is 0 Å². The van der Waals surface area contributed by atoms with Crippen molar-refractivity contribution >= 4 is 17.1 Å². The van der Waals surface area contributed by atoms with Crippen LogP contribution in [0.25, 0.3) is 20.9 Å². The molecule has 1 aromatic heterocycles. The summed E-state index contributed by atoms with van der Waals surface area (Å²) in [4.78, 5) is 14.7. The number of carbonyl (C=O) groups is 1. The summed E-state index contributed by atoms with van der Waals surface area (Å²) >= 11 is 1.70. The number of thiophene rings is 1. The van der Waals surface area contributed by atoms with Gasteiger partial charge in [-0.25, -0.2) is 0 Å². The van der Waals surface area contributed by atoms with E-state index in [1.165, 1.54) is 16.0 Å². The number of benzene rings is 2. The molecule has 0 N–H and O–H groups in total. The smallest absolute Gasteiger partial charge is 0.166 e. The van der Waals surface area contributed by atoms with E-state index in [4.69, 9.17) is 4.74 Å². The van der Waals surface area contributed by atoms with Crippen LogP contribution in [-0.4, -0.2) is 11.9 Å². The average Bonchev–Trinajstić information content (AvgIpc) is 3.24. The second-order valence-electron chi connectivity index (χ2n) is 7.73. The van der Waals surface area contributed by atoms with Gasteiger partial charge < -0.3 is 4.74 Å². The Labute approximate surface area is 168 Å². The average molecular weight is 385 g/mol. The van der Waals surface area contributed by atoms with Gasteiger partial charge in [0.05, 0.1) is 11.7 Å². The van der Waals surface area contributed by atoms with Gasteiger partial charge in [0.15, 0.2) is 5.78 Å². The summed E-state index contributed by atoms with van der Waals surface area (Å²) in [5.74, 6) is 1.58. The lowest BCUT2D eigenvalue weighted by Gasteiger charge is -2.11. The maximum Gasteiger partial charge on any atom is 0.166 e. The van der Waals surface area contributed by atoms with E-state index in [0.29, 0.717) is 23.0 Å². The molecule has 28 heavy (non-hydrogen) atoms. The zero-order chi connectivity index (χ0) is 19.4. The van der Waals surface area contributed by atoms with Crippen LogP contribution in [0.3, 0.4) is 0 Å². The molecule has 2 atom stereocenters. The minimum atomic E-state index is 0.0282. The molecule has 0 radical (unpaired) electrons. The number of hydrogen-bond acceptors (Lipinski definition) is 4. The van der Waals surface area contributed by atoms with Crippen LogP contribution in [0.5, 0.6) is 5.75 Å². The van der Waals surface area contributed by atoms with Crippen molar-refractivity contribution in [1.82, 2.24) is 0 Å². The summed E-state index contributed by atoms with van der Waals surface area (Å²) in [6.07, 6.45) is 1.03. The Balaban J connectivity index is 1.52. The topological polar surface area (TPSA) is 50.1 Å². The fourth-order valence-electron chi connectivity index (χ4n) is 4.16. The standard InChI is InChI=1S/C24H19NO2S/c1-13(2)27-20-7-6-14(10-15(20)12-25)21-8-9-22(28-21)16-4-3-5-17-23(16)18-11-19(18)24(17)26/h3-10,13,18-19H,11H2,1-2H3. The first-order valence-corrected chi connectivity index (χ1v) is 10.4. The van der Waals surface area contributed by atoms with Gasteiger partial charge in [-0.15, -0.1) is 11.3 Å². The summed E-state index contributed by atoms with van der Waals surface area (Å²) in [5.41, 5.74) is 4.90. The highest BCUT2D eigenvalue weighted by Gasteiger charge is 2.52. The third-order valence-electron chi connectivity index (χ3n) is 5.49. The molecular formula is C24H19NO2S. The number of hydrogen-bond donors (Lipinski definition) is 0. The number of fused-ring (bicyclic) bond motifs is 3. The Hall–Kier alpha value is -2.90. The molecule has 3 nitrogen and oxygen atoms in total. The highest BCUT2D eigenvalue weighted by molar-refractivity contribution is 7.18. The second-order valence-corrected chi connectivity index (χ2v) is 8.82. The van der Waals surface area contributed by atoms with Crippen LogP contribution in [0.2, 0.25) is 0 Å². The molecule has 2 unspecified atom stereocenters. The molecule has 1 fully saturated rings. The second kappa shape index (κ2) is 6.32. The third-order valence-corrected chi connectivity index (χ3v) is 6.66. The van der Waals surface area contributed by atoms with Crippen LogP contribution in [-0.2, 0) is 0 Å². The molecule has 5 rings (SSSR count). The Morgan fingerprint density at radius 1 is 1.07 bits per heavy atom. The molecule has 2 aliphatic carbocycles. The molecule has 1 heterocycles. The molecule has 3 aromatic rings. The van der Waals surface area contributed by atoms with Gasteiger partial charge >= 0.3 is 0 Å². The molecule has 138 valence electrons. The van der Waals surface area contributed by atoms with E-state index in [0.717, 1.165) is 22.4 Å². The van der Waals surface area contributed by atoms with E-state index < -0.39 is 0 Å². The molecular weight excluding hydrogens is 366 g/mol. The Kier molecular flexibility index (Phi) is 3.89. The normalized spacial score (nSPS) is 19.3. The Morgan fingerprint density at radius 3 is 2.64 bits per heavy atom. The number of nitriles is 1. The number of ketones is 1. The van der Waals surface area contributed by atoms with Crippen molar-refractivity contribution in [3.05, 3.63) is 65.2 Å². The van der Waals surface area contributed by atoms with Crippen molar-refractivity contribution in [1.29, 1.82) is 5.26 Å². The largest absolute Gasteiger partial charge is 0.490 e. The van der Waals surface area contributed by atoms with Crippen LogP contribution in [0.15, 0.2) is 48.5 Å². The van der Waals surface area contributed by atoms with E-state index in [2.05, 4.69) is 24.3 Å². The molecule has 0 spiro atoms. The lowest BCUT2D eigenvalue weighted by Crippen LogP contribution is -2.06. The molecule has 2 aliphatic rings. The molecule has 0 bridgehead atoms. The van der Waals surface area contributed by atoms with Crippen LogP contribution in [0.1, 0.15) is 47.7 Å². The summed E-state index contributed by atoms with van der Waals surface area (Å²) in [6.45, 7) is 3.90. The summed E-state index contributed by atoms with van der Waals surface area (Å²) in [7, 11) is 0. The quantitative estimate of drug-likeness (QED) is 0.550. The summed E-state index contributed by atoms with van der Waals surface area (Å²) in [6, 6.07) is 18.3. The molecule has 2 aromatic carbocycles. The van der Waals surface area contributed by atoms with E-state index in [-0.39, 0.29) is 12.0 Å². The lowest BCUT2D eigenvalue weighted by molar-refractivity contribution is 0.0974. The molecule has 0 amide bonds. The van der Waals surface area contributed by atoms with E-state index in [1.54, 1.807) is 11.3 Å². The maximum absolute atomic E-state index is 12.4. The van der Waals surface area contributed by atoms with E-state index >= 15 is 0 Å². The van der Waals surface area contributed by atoms with Gasteiger partial charge in [0.25, 0.3) is 0 Å². The van der Waals surface area contributed by atoms with Crippen molar-refractivity contribution < 1.29 is 9.53 Å².